The molecule has 3 nitrogen and oxygen atoms in total. The lowest BCUT2D eigenvalue weighted by molar-refractivity contribution is -0.114. The van der Waals surface area contributed by atoms with Gasteiger partial charge in [0.05, 0.1) is 6.54 Å². The fourth-order valence-corrected chi connectivity index (χ4v) is 2.97. The van der Waals surface area contributed by atoms with Crippen molar-refractivity contribution in [3.05, 3.63) is 12.2 Å². The van der Waals surface area contributed by atoms with Gasteiger partial charge in [0.1, 0.15) is 6.61 Å². The molecule has 1 aliphatic rings. The van der Waals surface area contributed by atoms with Gasteiger partial charge in [-0.05, 0) is 32.1 Å². The molecule has 0 unspecified atom stereocenters. The zero-order valence-electron chi connectivity index (χ0n) is 15.7. The molecule has 0 fully saturated rings. The molecule has 3 heteroatoms. The van der Waals surface area contributed by atoms with Crippen LogP contribution in [0.15, 0.2) is 17.1 Å². The Morgan fingerprint density at radius 1 is 0.917 bits per heavy atom. The number of nitrogens with zero attached hydrogens (tertiary/aromatic N) is 1. The number of ketones is 1. The molecule has 0 aromatic carbocycles. The number of aliphatic imine (C=N–C) groups is 1. The van der Waals surface area contributed by atoms with Crippen molar-refractivity contribution in [3.8, 4) is 0 Å². The quantitative estimate of drug-likeness (QED) is 0.255. The predicted molar refractivity (Wildman–Crippen MR) is 103 cm³/mol. The lowest BCUT2D eigenvalue weighted by Crippen LogP contribution is -2.13. The van der Waals surface area contributed by atoms with Crippen LogP contribution in [0.25, 0.3) is 0 Å². The molecule has 0 radical (unpaired) electrons. The molecule has 0 atom stereocenters. The summed E-state index contributed by atoms with van der Waals surface area (Å²) < 4.78 is 5.18. The summed E-state index contributed by atoms with van der Waals surface area (Å²) in [6.45, 7) is 3.49. The maximum atomic E-state index is 11.7. The van der Waals surface area contributed by atoms with Crippen LogP contribution in [-0.2, 0) is 9.53 Å². The Morgan fingerprint density at radius 2 is 1.50 bits per heavy atom. The summed E-state index contributed by atoms with van der Waals surface area (Å²) in [5, 5.41) is 0. The summed E-state index contributed by atoms with van der Waals surface area (Å²) in [6, 6.07) is 0. The Balaban J connectivity index is 1.78. The minimum Gasteiger partial charge on any atom is -0.473 e. The highest BCUT2D eigenvalue weighted by molar-refractivity contribution is 6.36. The van der Waals surface area contributed by atoms with Gasteiger partial charge in [0.25, 0.3) is 5.90 Å². The van der Waals surface area contributed by atoms with Crippen molar-refractivity contribution in [1.29, 1.82) is 0 Å². The first-order valence-electron chi connectivity index (χ1n) is 10.2. The topological polar surface area (TPSA) is 38.7 Å². The summed E-state index contributed by atoms with van der Waals surface area (Å²) in [5.74, 6) is 0.454. The van der Waals surface area contributed by atoms with E-state index in [1.807, 2.05) is 0 Å². The monoisotopic (exact) mass is 335 g/mol. The van der Waals surface area contributed by atoms with Gasteiger partial charge < -0.3 is 4.74 Å². The standard InChI is InChI=1S/C21H37NO2/c1-2-3-4-5-6-7-8-9-10-11-12-13-14-15-16-17-20(23)21-22-18-19-24-21/h9-10H,2-8,11-19H2,1H3/b10-9-. The normalized spacial score (nSPS) is 14.1. The van der Waals surface area contributed by atoms with Crippen molar-refractivity contribution in [2.24, 2.45) is 4.99 Å². The highest BCUT2D eigenvalue weighted by atomic mass is 16.5. The van der Waals surface area contributed by atoms with Crippen LogP contribution in [0.4, 0.5) is 0 Å². The minimum atomic E-state index is 0.0881. The molecule has 0 aromatic rings. The van der Waals surface area contributed by atoms with Crippen molar-refractivity contribution in [3.63, 3.8) is 0 Å². The Kier molecular flexibility index (Phi) is 13.4. The second-order valence-corrected chi connectivity index (χ2v) is 6.79. The van der Waals surface area contributed by atoms with Gasteiger partial charge in [-0.3, -0.25) is 4.79 Å². The largest absolute Gasteiger partial charge is 0.473 e. The molecule has 0 saturated heterocycles. The number of allylic oxidation sites excluding steroid dienone is 2. The van der Waals surface area contributed by atoms with E-state index in [-0.39, 0.29) is 5.78 Å². The van der Waals surface area contributed by atoms with Crippen LogP contribution in [0.2, 0.25) is 0 Å². The zero-order chi connectivity index (χ0) is 17.3. The fourth-order valence-electron chi connectivity index (χ4n) is 2.97. The van der Waals surface area contributed by atoms with Gasteiger partial charge >= 0.3 is 0 Å². The van der Waals surface area contributed by atoms with Gasteiger partial charge in [0, 0.05) is 6.42 Å². The first-order valence-corrected chi connectivity index (χ1v) is 10.2. The van der Waals surface area contributed by atoms with E-state index in [9.17, 15) is 4.79 Å². The van der Waals surface area contributed by atoms with Crippen molar-refractivity contribution in [2.45, 2.75) is 96.8 Å². The minimum absolute atomic E-state index is 0.0881. The van der Waals surface area contributed by atoms with Gasteiger partial charge in [0.2, 0.25) is 5.78 Å². The molecule has 1 rings (SSSR count). The van der Waals surface area contributed by atoms with Crippen LogP contribution in [-0.4, -0.2) is 24.8 Å². The summed E-state index contributed by atoms with van der Waals surface area (Å²) in [6.07, 6.45) is 21.9. The molecule has 0 saturated carbocycles. The number of hydrogen-bond donors (Lipinski definition) is 0. The summed E-state index contributed by atoms with van der Waals surface area (Å²) >= 11 is 0. The van der Waals surface area contributed by atoms with Gasteiger partial charge in [-0.25, -0.2) is 4.99 Å². The van der Waals surface area contributed by atoms with Crippen LogP contribution >= 0.6 is 0 Å². The molecule has 138 valence electrons. The Labute approximate surface area is 149 Å². The second kappa shape index (κ2) is 15.4. The smallest absolute Gasteiger partial charge is 0.253 e. The van der Waals surface area contributed by atoms with E-state index in [1.54, 1.807) is 0 Å². The van der Waals surface area contributed by atoms with Crippen LogP contribution < -0.4 is 0 Å². The van der Waals surface area contributed by atoms with E-state index in [4.69, 9.17) is 4.74 Å². The van der Waals surface area contributed by atoms with Crippen molar-refractivity contribution in [1.82, 2.24) is 0 Å². The van der Waals surface area contributed by atoms with Crippen LogP contribution in [0, 0.1) is 0 Å². The van der Waals surface area contributed by atoms with Crippen molar-refractivity contribution in [2.75, 3.05) is 13.2 Å². The number of hydrogen-bond acceptors (Lipinski definition) is 3. The van der Waals surface area contributed by atoms with Gasteiger partial charge in [0.15, 0.2) is 0 Å². The molecular formula is C21H37NO2. The molecule has 1 aliphatic heterocycles. The van der Waals surface area contributed by atoms with Gasteiger partial charge in [-0.2, -0.15) is 0 Å². The van der Waals surface area contributed by atoms with Crippen LogP contribution in [0.3, 0.4) is 0 Å². The van der Waals surface area contributed by atoms with Crippen LogP contribution in [0.1, 0.15) is 96.8 Å². The molecule has 0 amide bonds. The average Bonchev–Trinajstić information content (AvgIpc) is 3.13. The van der Waals surface area contributed by atoms with Gasteiger partial charge in [-0.15, -0.1) is 0 Å². The Hall–Kier alpha value is -1.12. The molecule has 0 aromatic heterocycles. The maximum Gasteiger partial charge on any atom is 0.253 e. The zero-order valence-corrected chi connectivity index (χ0v) is 15.7. The molecule has 0 spiro atoms. The third kappa shape index (κ3) is 11.4. The first kappa shape index (κ1) is 20.9. The highest BCUT2D eigenvalue weighted by Crippen LogP contribution is 2.10. The maximum absolute atomic E-state index is 11.7. The third-order valence-corrected chi connectivity index (χ3v) is 4.49. The molecule has 0 bridgehead atoms. The van der Waals surface area contributed by atoms with Crippen LogP contribution in [0.5, 0.6) is 0 Å². The predicted octanol–water partition coefficient (Wildman–Crippen LogP) is 6.02. The van der Waals surface area contributed by atoms with E-state index < -0.39 is 0 Å². The fraction of sp³-hybridized carbons (Fsp3) is 0.810. The number of Topliss-reactive ketones (excluding diaryl/α,β-unsaturated/α-hetero) is 1. The average molecular weight is 336 g/mol. The highest BCUT2D eigenvalue weighted by Gasteiger charge is 2.15. The lowest BCUT2D eigenvalue weighted by Gasteiger charge is -2.01. The third-order valence-electron chi connectivity index (χ3n) is 4.49. The molecule has 24 heavy (non-hydrogen) atoms. The number of ether oxygens (including phenoxy) is 1. The summed E-state index contributed by atoms with van der Waals surface area (Å²) in [4.78, 5) is 15.8. The molecule has 0 N–H and O–H groups in total. The lowest BCUT2D eigenvalue weighted by atomic mass is 10.1. The van der Waals surface area contributed by atoms with E-state index in [0.29, 0.717) is 25.5 Å². The van der Waals surface area contributed by atoms with E-state index in [1.165, 1.54) is 70.6 Å². The SMILES string of the molecule is CCCCCCCC/C=C\CCCCCCCC(=O)C1=NCCO1. The first-order chi connectivity index (χ1) is 11.8. The number of unbranched alkanes of at least 4 members (excludes halogenated alkanes) is 11. The van der Waals surface area contributed by atoms with E-state index in [0.717, 1.165) is 12.8 Å². The second-order valence-electron chi connectivity index (χ2n) is 6.79. The molecule has 1 heterocycles. The number of rotatable bonds is 16. The number of carbonyl (C=O) groups is 1. The molecular weight excluding hydrogens is 298 g/mol. The van der Waals surface area contributed by atoms with Crippen molar-refractivity contribution >= 4 is 11.7 Å². The Bertz CT molecular complexity index is 374. The van der Waals surface area contributed by atoms with Crippen molar-refractivity contribution < 1.29 is 9.53 Å². The Morgan fingerprint density at radius 3 is 2.08 bits per heavy atom. The summed E-state index contributed by atoms with van der Waals surface area (Å²) in [7, 11) is 0. The van der Waals surface area contributed by atoms with Gasteiger partial charge in [-0.1, -0.05) is 70.4 Å². The van der Waals surface area contributed by atoms with E-state index >= 15 is 0 Å². The summed E-state index contributed by atoms with van der Waals surface area (Å²) in [5.41, 5.74) is 0. The molecule has 0 aliphatic carbocycles. The van der Waals surface area contributed by atoms with E-state index in [2.05, 4.69) is 24.1 Å². The number of carbonyl (C=O) groups excluding carboxylic acids is 1.